The van der Waals surface area contributed by atoms with Crippen molar-refractivity contribution < 1.29 is 4.79 Å². The average molecular weight is 261 g/mol. The van der Waals surface area contributed by atoms with E-state index in [0.717, 1.165) is 25.2 Å². The SMILES string of the molecule is O=C(CCN1CCCCCC1)NCc1cccnc1. The molecule has 1 aliphatic heterocycles. The van der Waals surface area contributed by atoms with Crippen LogP contribution in [0.25, 0.3) is 0 Å². The van der Waals surface area contributed by atoms with E-state index in [9.17, 15) is 4.79 Å². The number of pyridine rings is 1. The van der Waals surface area contributed by atoms with E-state index in [0.29, 0.717) is 13.0 Å². The summed E-state index contributed by atoms with van der Waals surface area (Å²) < 4.78 is 0. The van der Waals surface area contributed by atoms with Crippen molar-refractivity contribution in [2.24, 2.45) is 0 Å². The molecule has 1 fully saturated rings. The molecule has 1 aliphatic rings. The summed E-state index contributed by atoms with van der Waals surface area (Å²) in [6, 6.07) is 3.86. The van der Waals surface area contributed by atoms with Gasteiger partial charge in [-0.25, -0.2) is 0 Å². The van der Waals surface area contributed by atoms with Crippen LogP contribution in [-0.2, 0) is 11.3 Å². The molecule has 0 aromatic carbocycles. The number of hydrogen-bond donors (Lipinski definition) is 1. The van der Waals surface area contributed by atoms with E-state index in [2.05, 4.69) is 15.2 Å². The third kappa shape index (κ3) is 5.39. The quantitative estimate of drug-likeness (QED) is 0.881. The summed E-state index contributed by atoms with van der Waals surface area (Å²) in [5, 5.41) is 2.95. The Bertz CT molecular complexity index is 372. The molecule has 0 saturated carbocycles. The second-order valence-corrected chi connectivity index (χ2v) is 5.14. The molecule has 0 spiro atoms. The maximum absolute atomic E-state index is 11.8. The van der Waals surface area contributed by atoms with Crippen LogP contribution >= 0.6 is 0 Å². The van der Waals surface area contributed by atoms with Gasteiger partial charge in [-0.15, -0.1) is 0 Å². The van der Waals surface area contributed by atoms with Gasteiger partial charge in [0.15, 0.2) is 0 Å². The summed E-state index contributed by atoms with van der Waals surface area (Å²) in [5.74, 6) is 0.132. The zero-order valence-corrected chi connectivity index (χ0v) is 11.5. The number of amides is 1. The third-order valence-corrected chi connectivity index (χ3v) is 3.57. The maximum Gasteiger partial charge on any atom is 0.221 e. The summed E-state index contributed by atoms with van der Waals surface area (Å²) in [5.41, 5.74) is 1.05. The minimum absolute atomic E-state index is 0.132. The number of rotatable bonds is 5. The fraction of sp³-hybridized carbons (Fsp3) is 0.600. The number of nitrogens with one attached hydrogen (secondary N) is 1. The van der Waals surface area contributed by atoms with E-state index in [1.807, 2.05) is 12.1 Å². The van der Waals surface area contributed by atoms with Crippen LogP contribution in [0.15, 0.2) is 24.5 Å². The molecule has 1 saturated heterocycles. The Balaban J connectivity index is 1.64. The molecular weight excluding hydrogens is 238 g/mol. The number of hydrogen-bond acceptors (Lipinski definition) is 3. The van der Waals surface area contributed by atoms with Crippen molar-refractivity contribution in [3.8, 4) is 0 Å². The van der Waals surface area contributed by atoms with Gasteiger partial charge in [-0.2, -0.15) is 0 Å². The van der Waals surface area contributed by atoms with Gasteiger partial charge in [-0.3, -0.25) is 9.78 Å². The molecule has 0 atom stereocenters. The second-order valence-electron chi connectivity index (χ2n) is 5.14. The molecule has 2 rings (SSSR count). The highest BCUT2D eigenvalue weighted by Gasteiger charge is 2.10. The molecular formula is C15H23N3O. The lowest BCUT2D eigenvalue weighted by Gasteiger charge is -2.19. The van der Waals surface area contributed by atoms with E-state index >= 15 is 0 Å². The Kier molecular flexibility index (Phi) is 5.82. The molecule has 2 heterocycles. The fourth-order valence-corrected chi connectivity index (χ4v) is 2.41. The van der Waals surface area contributed by atoms with Crippen LogP contribution in [0.1, 0.15) is 37.7 Å². The van der Waals surface area contributed by atoms with Crippen molar-refractivity contribution in [1.29, 1.82) is 0 Å². The number of carbonyl (C=O) groups is 1. The van der Waals surface area contributed by atoms with E-state index in [1.54, 1.807) is 12.4 Å². The monoisotopic (exact) mass is 261 g/mol. The van der Waals surface area contributed by atoms with Crippen molar-refractivity contribution >= 4 is 5.91 Å². The van der Waals surface area contributed by atoms with Gasteiger partial charge in [-0.05, 0) is 37.6 Å². The normalized spacial score (nSPS) is 16.8. The van der Waals surface area contributed by atoms with E-state index < -0.39 is 0 Å². The fourth-order valence-electron chi connectivity index (χ4n) is 2.41. The van der Waals surface area contributed by atoms with E-state index in [1.165, 1.54) is 25.7 Å². The van der Waals surface area contributed by atoms with Crippen LogP contribution in [0, 0.1) is 0 Å². The van der Waals surface area contributed by atoms with Gasteiger partial charge in [0.05, 0.1) is 0 Å². The Morgan fingerprint density at radius 1 is 1.26 bits per heavy atom. The molecule has 0 radical (unpaired) electrons. The second kappa shape index (κ2) is 7.89. The largest absolute Gasteiger partial charge is 0.352 e. The molecule has 0 aliphatic carbocycles. The third-order valence-electron chi connectivity index (χ3n) is 3.57. The standard InChI is InChI=1S/C15H23N3O/c19-15(17-13-14-6-5-8-16-12-14)7-11-18-9-3-1-2-4-10-18/h5-6,8,12H,1-4,7,9-11,13H2,(H,17,19). The molecule has 4 nitrogen and oxygen atoms in total. The highest BCUT2D eigenvalue weighted by molar-refractivity contribution is 5.76. The lowest BCUT2D eigenvalue weighted by atomic mass is 10.2. The zero-order valence-electron chi connectivity index (χ0n) is 11.5. The first-order chi connectivity index (χ1) is 9.34. The molecule has 19 heavy (non-hydrogen) atoms. The summed E-state index contributed by atoms with van der Waals surface area (Å²) in [6.45, 7) is 3.76. The molecule has 1 aromatic rings. The minimum Gasteiger partial charge on any atom is -0.352 e. The molecule has 104 valence electrons. The van der Waals surface area contributed by atoms with Crippen LogP contribution in [0.5, 0.6) is 0 Å². The number of nitrogens with zero attached hydrogens (tertiary/aromatic N) is 2. The summed E-state index contributed by atoms with van der Waals surface area (Å²) >= 11 is 0. The average Bonchev–Trinajstić information content (AvgIpc) is 2.73. The van der Waals surface area contributed by atoms with Gasteiger partial charge >= 0.3 is 0 Å². The minimum atomic E-state index is 0.132. The van der Waals surface area contributed by atoms with Gasteiger partial charge in [-0.1, -0.05) is 18.9 Å². The van der Waals surface area contributed by atoms with E-state index in [-0.39, 0.29) is 5.91 Å². The first-order valence-corrected chi connectivity index (χ1v) is 7.22. The zero-order chi connectivity index (χ0) is 13.3. The van der Waals surface area contributed by atoms with Crippen LogP contribution < -0.4 is 5.32 Å². The smallest absolute Gasteiger partial charge is 0.221 e. The lowest BCUT2D eigenvalue weighted by molar-refractivity contribution is -0.121. The predicted molar refractivity (Wildman–Crippen MR) is 75.6 cm³/mol. The van der Waals surface area contributed by atoms with Crippen LogP contribution in [-0.4, -0.2) is 35.4 Å². The highest BCUT2D eigenvalue weighted by Crippen LogP contribution is 2.09. The number of aromatic nitrogens is 1. The van der Waals surface area contributed by atoms with Crippen molar-refractivity contribution in [1.82, 2.24) is 15.2 Å². The Labute approximate surface area is 115 Å². The van der Waals surface area contributed by atoms with Crippen molar-refractivity contribution in [2.45, 2.75) is 38.6 Å². The van der Waals surface area contributed by atoms with Crippen LogP contribution in [0.4, 0.5) is 0 Å². The summed E-state index contributed by atoms with van der Waals surface area (Å²) in [4.78, 5) is 18.2. The molecule has 4 heteroatoms. The topological polar surface area (TPSA) is 45.2 Å². The maximum atomic E-state index is 11.8. The number of likely N-dealkylation sites (tertiary alicyclic amines) is 1. The summed E-state index contributed by atoms with van der Waals surface area (Å²) in [7, 11) is 0. The van der Waals surface area contributed by atoms with Crippen LogP contribution in [0.3, 0.4) is 0 Å². The molecule has 1 N–H and O–H groups in total. The molecule has 0 unspecified atom stereocenters. The van der Waals surface area contributed by atoms with Gasteiger partial charge in [0.1, 0.15) is 0 Å². The molecule has 1 aromatic heterocycles. The Hall–Kier alpha value is -1.42. The first-order valence-electron chi connectivity index (χ1n) is 7.22. The predicted octanol–water partition coefficient (Wildman–Crippen LogP) is 1.96. The highest BCUT2D eigenvalue weighted by atomic mass is 16.1. The summed E-state index contributed by atoms with van der Waals surface area (Å²) in [6.07, 6.45) is 9.35. The van der Waals surface area contributed by atoms with Crippen LogP contribution in [0.2, 0.25) is 0 Å². The molecule has 0 bridgehead atoms. The van der Waals surface area contributed by atoms with Crippen molar-refractivity contribution in [3.05, 3.63) is 30.1 Å². The van der Waals surface area contributed by atoms with Gasteiger partial charge in [0.2, 0.25) is 5.91 Å². The first kappa shape index (κ1) is 14.0. The van der Waals surface area contributed by atoms with E-state index in [4.69, 9.17) is 0 Å². The number of carbonyl (C=O) groups excluding carboxylic acids is 1. The Morgan fingerprint density at radius 2 is 2.05 bits per heavy atom. The lowest BCUT2D eigenvalue weighted by Crippen LogP contribution is -2.31. The van der Waals surface area contributed by atoms with Gasteiger partial charge in [0.25, 0.3) is 0 Å². The molecule has 1 amide bonds. The van der Waals surface area contributed by atoms with Gasteiger partial charge in [0, 0.05) is 31.9 Å². The Morgan fingerprint density at radius 3 is 2.74 bits per heavy atom. The van der Waals surface area contributed by atoms with Crippen molar-refractivity contribution in [2.75, 3.05) is 19.6 Å². The van der Waals surface area contributed by atoms with Gasteiger partial charge < -0.3 is 10.2 Å². The van der Waals surface area contributed by atoms with Crippen molar-refractivity contribution in [3.63, 3.8) is 0 Å².